The average molecular weight is 484 g/mol. The molecule has 0 aliphatic carbocycles. The van der Waals surface area contributed by atoms with E-state index in [1.165, 1.54) is 46.7 Å². The number of carbonyl (C=O) groups is 2. The number of nitrogens with two attached hydrogens (primary N) is 1. The first-order valence-electron chi connectivity index (χ1n) is 9.79. The molecule has 0 radical (unpaired) electrons. The summed E-state index contributed by atoms with van der Waals surface area (Å²) in [6.45, 7) is 1.77. The number of nitrogens with zero attached hydrogens (tertiary/aromatic N) is 3. The van der Waals surface area contributed by atoms with Gasteiger partial charge in [-0.25, -0.2) is 14.2 Å². The number of benzene rings is 1. The zero-order valence-corrected chi connectivity index (χ0v) is 17.9. The maximum absolute atomic E-state index is 13.9. The normalized spacial score (nSPS) is 20.1. The number of urea groups is 1. The molecule has 1 unspecified atom stereocenters. The zero-order chi connectivity index (χ0) is 24.1. The highest BCUT2D eigenvalue weighted by Crippen LogP contribution is 2.41. The molecule has 1 aromatic carbocycles. The van der Waals surface area contributed by atoms with E-state index in [2.05, 4.69) is 10.3 Å². The SMILES string of the molecule is CC1([C@@H](c2ccc(F)c(Cl)c2)c2ccc3nc(C(F)(F)F)cn3c2)C(=O)NCCN1C(N)=O. The van der Waals surface area contributed by atoms with Crippen molar-refractivity contribution in [2.24, 2.45) is 5.73 Å². The van der Waals surface area contributed by atoms with E-state index in [-0.39, 0.29) is 23.8 Å². The Bertz CT molecular complexity index is 1260. The van der Waals surface area contributed by atoms with Gasteiger partial charge in [0, 0.05) is 31.4 Å². The minimum atomic E-state index is -4.64. The lowest BCUT2D eigenvalue weighted by Gasteiger charge is -2.47. The molecule has 3 amide bonds. The van der Waals surface area contributed by atoms with Gasteiger partial charge in [-0.2, -0.15) is 13.2 Å². The molecule has 7 nitrogen and oxygen atoms in total. The van der Waals surface area contributed by atoms with Crippen molar-refractivity contribution in [1.29, 1.82) is 0 Å². The summed E-state index contributed by atoms with van der Waals surface area (Å²) < 4.78 is 54.5. The van der Waals surface area contributed by atoms with Crippen LogP contribution in [0.25, 0.3) is 5.65 Å². The van der Waals surface area contributed by atoms with Gasteiger partial charge < -0.3 is 20.4 Å². The summed E-state index contributed by atoms with van der Waals surface area (Å²) in [7, 11) is 0. The third-order valence-electron chi connectivity index (χ3n) is 5.84. The van der Waals surface area contributed by atoms with E-state index in [1.54, 1.807) is 0 Å². The van der Waals surface area contributed by atoms with E-state index in [0.717, 1.165) is 12.3 Å². The van der Waals surface area contributed by atoms with Crippen molar-refractivity contribution >= 4 is 29.2 Å². The molecule has 1 saturated heterocycles. The first-order chi connectivity index (χ1) is 15.4. The molecular formula is C21H18ClF4N5O2. The summed E-state index contributed by atoms with van der Waals surface area (Å²) in [5, 5.41) is 2.48. The molecule has 4 rings (SSSR count). The third kappa shape index (κ3) is 3.86. The average Bonchev–Trinajstić information content (AvgIpc) is 3.17. The summed E-state index contributed by atoms with van der Waals surface area (Å²) in [6, 6.07) is 5.83. The van der Waals surface area contributed by atoms with Crippen molar-refractivity contribution in [2.75, 3.05) is 13.1 Å². The number of nitrogens with one attached hydrogen (secondary N) is 1. The van der Waals surface area contributed by atoms with E-state index in [9.17, 15) is 27.2 Å². The van der Waals surface area contributed by atoms with Crippen LogP contribution in [0.5, 0.6) is 0 Å². The molecule has 0 saturated carbocycles. The molecule has 0 bridgehead atoms. The van der Waals surface area contributed by atoms with E-state index >= 15 is 0 Å². The van der Waals surface area contributed by atoms with Gasteiger partial charge in [-0.3, -0.25) is 4.79 Å². The number of fused-ring (bicyclic) bond motifs is 1. The Morgan fingerprint density at radius 2 is 1.94 bits per heavy atom. The number of hydrogen-bond acceptors (Lipinski definition) is 3. The van der Waals surface area contributed by atoms with Crippen LogP contribution in [0.3, 0.4) is 0 Å². The van der Waals surface area contributed by atoms with E-state index in [1.807, 2.05) is 0 Å². The lowest BCUT2D eigenvalue weighted by molar-refractivity contribution is -0.140. The fourth-order valence-electron chi connectivity index (χ4n) is 4.29. The van der Waals surface area contributed by atoms with Crippen molar-refractivity contribution in [2.45, 2.75) is 24.6 Å². The quantitative estimate of drug-likeness (QED) is 0.558. The van der Waals surface area contributed by atoms with Crippen LogP contribution in [0.1, 0.15) is 29.7 Å². The second-order valence-corrected chi connectivity index (χ2v) is 8.26. The van der Waals surface area contributed by atoms with E-state index < -0.39 is 41.1 Å². The summed E-state index contributed by atoms with van der Waals surface area (Å²) >= 11 is 5.99. The summed E-state index contributed by atoms with van der Waals surface area (Å²) in [5.74, 6) is -2.17. The number of aromatic nitrogens is 2. The number of alkyl halides is 3. The van der Waals surface area contributed by atoms with Crippen LogP contribution in [0.2, 0.25) is 5.02 Å². The van der Waals surface area contributed by atoms with Gasteiger partial charge in [-0.15, -0.1) is 0 Å². The van der Waals surface area contributed by atoms with Crippen molar-refractivity contribution in [3.63, 3.8) is 0 Å². The second-order valence-electron chi connectivity index (χ2n) is 7.85. The van der Waals surface area contributed by atoms with Gasteiger partial charge >= 0.3 is 12.2 Å². The largest absolute Gasteiger partial charge is 0.434 e. The number of primary amides is 1. The number of rotatable bonds is 3. The monoisotopic (exact) mass is 483 g/mol. The summed E-state index contributed by atoms with van der Waals surface area (Å²) in [4.78, 5) is 30.2. The maximum Gasteiger partial charge on any atom is 0.434 e. The highest BCUT2D eigenvalue weighted by molar-refractivity contribution is 6.30. The molecule has 12 heteroatoms. The molecule has 2 atom stereocenters. The van der Waals surface area contributed by atoms with Crippen LogP contribution in [0.4, 0.5) is 22.4 Å². The zero-order valence-electron chi connectivity index (χ0n) is 17.2. The fourth-order valence-corrected chi connectivity index (χ4v) is 4.48. The second kappa shape index (κ2) is 7.91. The number of pyridine rings is 1. The standard InChI is InChI=1S/C21H18ClF4N5O2/c1-20(18(32)28-6-7-31(20)19(27)33)17(11-2-4-14(23)13(22)8-11)12-3-5-16-29-15(21(24,25)26)10-30(16)9-12/h2-5,8-10,17H,6-7H2,1H3,(H2,27,33)(H,28,32)/t17-,20?/m0/s1. The predicted octanol–water partition coefficient (Wildman–Crippen LogP) is 3.55. The number of halogens is 5. The van der Waals surface area contributed by atoms with Gasteiger partial charge in [-0.05, 0) is 36.2 Å². The highest BCUT2D eigenvalue weighted by atomic mass is 35.5. The van der Waals surface area contributed by atoms with E-state index in [4.69, 9.17) is 17.3 Å². The Labute approximate surface area is 190 Å². The van der Waals surface area contributed by atoms with Gasteiger partial charge in [0.15, 0.2) is 5.69 Å². The molecule has 174 valence electrons. The molecule has 33 heavy (non-hydrogen) atoms. The summed E-state index contributed by atoms with van der Waals surface area (Å²) in [5.41, 5.74) is 3.66. The molecule has 0 spiro atoms. The Morgan fingerprint density at radius 3 is 2.58 bits per heavy atom. The smallest absolute Gasteiger partial charge is 0.352 e. The van der Waals surface area contributed by atoms with Gasteiger partial charge in [0.05, 0.1) is 5.02 Å². The molecular weight excluding hydrogens is 466 g/mol. The Hall–Kier alpha value is -3.34. The third-order valence-corrected chi connectivity index (χ3v) is 6.13. The highest BCUT2D eigenvalue weighted by Gasteiger charge is 2.51. The molecule has 3 N–H and O–H groups in total. The van der Waals surface area contributed by atoms with Crippen LogP contribution in [-0.4, -0.2) is 44.9 Å². The first kappa shape index (κ1) is 22.8. The van der Waals surface area contributed by atoms with Crippen LogP contribution in [-0.2, 0) is 11.0 Å². The molecule has 1 aliphatic heterocycles. The van der Waals surface area contributed by atoms with Crippen molar-refractivity contribution in [3.05, 3.63) is 70.4 Å². The number of carbonyl (C=O) groups excluding carboxylic acids is 2. The summed E-state index contributed by atoms with van der Waals surface area (Å²) in [6.07, 6.45) is -2.44. The van der Waals surface area contributed by atoms with Gasteiger partial charge in [0.1, 0.15) is 17.0 Å². The number of amides is 3. The maximum atomic E-state index is 13.9. The molecule has 3 heterocycles. The number of hydrogen-bond donors (Lipinski definition) is 2. The minimum Gasteiger partial charge on any atom is -0.352 e. The Morgan fingerprint density at radius 1 is 1.24 bits per heavy atom. The van der Waals surface area contributed by atoms with Crippen LogP contribution in [0.15, 0.2) is 42.7 Å². The molecule has 1 fully saturated rings. The lowest BCUT2D eigenvalue weighted by atomic mass is 9.74. The van der Waals surface area contributed by atoms with E-state index in [0.29, 0.717) is 11.1 Å². The van der Waals surface area contributed by atoms with Crippen LogP contribution >= 0.6 is 11.6 Å². The number of imidazole rings is 1. The van der Waals surface area contributed by atoms with Gasteiger partial charge in [0.2, 0.25) is 5.91 Å². The van der Waals surface area contributed by atoms with Gasteiger partial charge in [0.25, 0.3) is 0 Å². The van der Waals surface area contributed by atoms with Crippen molar-refractivity contribution in [1.82, 2.24) is 19.6 Å². The number of piperazine rings is 1. The Kier molecular flexibility index (Phi) is 5.47. The van der Waals surface area contributed by atoms with Crippen molar-refractivity contribution in [3.8, 4) is 0 Å². The predicted molar refractivity (Wildman–Crippen MR) is 111 cm³/mol. The van der Waals surface area contributed by atoms with Crippen molar-refractivity contribution < 1.29 is 27.2 Å². The topological polar surface area (TPSA) is 92.7 Å². The molecule has 2 aromatic heterocycles. The lowest BCUT2D eigenvalue weighted by Crippen LogP contribution is -2.68. The fraction of sp³-hybridized carbons (Fsp3) is 0.286. The Balaban J connectivity index is 1.95. The van der Waals surface area contributed by atoms with Crippen LogP contribution < -0.4 is 11.1 Å². The first-order valence-corrected chi connectivity index (χ1v) is 10.2. The van der Waals surface area contributed by atoms with Gasteiger partial charge in [-0.1, -0.05) is 23.7 Å². The minimum absolute atomic E-state index is 0.0342. The molecule has 1 aliphatic rings. The van der Waals surface area contributed by atoms with Crippen LogP contribution in [0, 0.1) is 5.82 Å². The molecule has 3 aromatic rings.